The SMILES string of the molecule is CN(C)C(=O)[C@@H]1CCCN1C(=O)c1noc2c1CCCCC2. The second-order valence-corrected chi connectivity index (χ2v) is 6.38. The van der Waals surface area contributed by atoms with Crippen molar-refractivity contribution in [3.8, 4) is 0 Å². The van der Waals surface area contributed by atoms with Gasteiger partial charge in [-0.2, -0.15) is 0 Å². The van der Waals surface area contributed by atoms with Gasteiger partial charge < -0.3 is 14.3 Å². The maximum absolute atomic E-state index is 12.9. The normalized spacial score (nSPS) is 21.4. The largest absolute Gasteiger partial charge is 0.360 e. The van der Waals surface area contributed by atoms with Crippen molar-refractivity contribution >= 4 is 11.8 Å². The minimum atomic E-state index is -0.361. The highest BCUT2D eigenvalue weighted by molar-refractivity contribution is 5.97. The van der Waals surface area contributed by atoms with Crippen LogP contribution in [0.15, 0.2) is 4.52 Å². The molecule has 0 saturated carbocycles. The van der Waals surface area contributed by atoms with Crippen molar-refractivity contribution in [2.75, 3.05) is 20.6 Å². The van der Waals surface area contributed by atoms with E-state index in [4.69, 9.17) is 4.52 Å². The van der Waals surface area contributed by atoms with Crippen LogP contribution in [-0.2, 0) is 17.6 Å². The van der Waals surface area contributed by atoms with E-state index in [1.807, 2.05) is 0 Å². The van der Waals surface area contributed by atoms with Crippen LogP contribution in [0.2, 0.25) is 0 Å². The summed E-state index contributed by atoms with van der Waals surface area (Å²) in [6.07, 6.45) is 6.59. The Bertz CT molecular complexity index is 579. The summed E-state index contributed by atoms with van der Waals surface area (Å²) in [6, 6.07) is -0.361. The maximum Gasteiger partial charge on any atom is 0.277 e. The summed E-state index contributed by atoms with van der Waals surface area (Å²) in [7, 11) is 3.46. The van der Waals surface area contributed by atoms with Crippen molar-refractivity contribution < 1.29 is 14.1 Å². The van der Waals surface area contributed by atoms with Gasteiger partial charge in [-0.25, -0.2) is 0 Å². The van der Waals surface area contributed by atoms with Crippen molar-refractivity contribution in [2.24, 2.45) is 0 Å². The Morgan fingerprint density at radius 1 is 1.18 bits per heavy atom. The quantitative estimate of drug-likeness (QED) is 0.779. The van der Waals surface area contributed by atoms with E-state index >= 15 is 0 Å². The number of likely N-dealkylation sites (tertiary alicyclic amines) is 1. The van der Waals surface area contributed by atoms with Crippen LogP contribution in [-0.4, -0.2) is 53.5 Å². The van der Waals surface area contributed by atoms with Crippen LogP contribution in [0.4, 0.5) is 0 Å². The number of fused-ring (bicyclic) bond motifs is 1. The lowest BCUT2D eigenvalue weighted by Gasteiger charge is -2.25. The van der Waals surface area contributed by atoms with Gasteiger partial charge in [0.25, 0.3) is 5.91 Å². The molecule has 0 spiro atoms. The summed E-state index contributed by atoms with van der Waals surface area (Å²) in [5.41, 5.74) is 1.39. The average molecular weight is 305 g/mol. The first kappa shape index (κ1) is 15.1. The van der Waals surface area contributed by atoms with Crippen LogP contribution < -0.4 is 0 Å². The number of amides is 2. The summed E-state index contributed by atoms with van der Waals surface area (Å²) >= 11 is 0. The number of carbonyl (C=O) groups is 2. The maximum atomic E-state index is 12.9. The van der Waals surface area contributed by atoms with Gasteiger partial charge in [0.05, 0.1) is 0 Å². The number of aromatic nitrogens is 1. The highest BCUT2D eigenvalue weighted by Crippen LogP contribution is 2.27. The molecule has 0 aromatic carbocycles. The Morgan fingerprint density at radius 2 is 1.95 bits per heavy atom. The molecule has 120 valence electrons. The van der Waals surface area contributed by atoms with E-state index in [9.17, 15) is 9.59 Å². The third kappa shape index (κ3) is 2.62. The van der Waals surface area contributed by atoms with E-state index in [2.05, 4.69) is 5.16 Å². The number of hydrogen-bond donors (Lipinski definition) is 0. The second kappa shape index (κ2) is 6.10. The molecule has 2 aliphatic rings. The van der Waals surface area contributed by atoms with Crippen LogP contribution in [0.3, 0.4) is 0 Å². The number of carbonyl (C=O) groups excluding carboxylic acids is 2. The van der Waals surface area contributed by atoms with Crippen LogP contribution in [0.25, 0.3) is 0 Å². The van der Waals surface area contributed by atoms with Gasteiger partial charge in [-0.3, -0.25) is 9.59 Å². The Morgan fingerprint density at radius 3 is 2.73 bits per heavy atom. The fourth-order valence-corrected chi connectivity index (χ4v) is 3.43. The van der Waals surface area contributed by atoms with E-state index in [0.29, 0.717) is 12.2 Å². The zero-order chi connectivity index (χ0) is 15.7. The average Bonchev–Trinajstić information content (AvgIpc) is 3.07. The molecule has 1 aliphatic heterocycles. The molecule has 0 unspecified atom stereocenters. The molecule has 1 fully saturated rings. The summed E-state index contributed by atoms with van der Waals surface area (Å²) in [4.78, 5) is 28.4. The van der Waals surface area contributed by atoms with Gasteiger partial charge in [0.1, 0.15) is 11.8 Å². The number of likely N-dealkylation sites (N-methyl/N-ethyl adjacent to an activating group) is 1. The van der Waals surface area contributed by atoms with Gasteiger partial charge in [-0.1, -0.05) is 11.6 Å². The highest BCUT2D eigenvalue weighted by atomic mass is 16.5. The van der Waals surface area contributed by atoms with Crippen molar-refractivity contribution in [2.45, 2.75) is 51.0 Å². The summed E-state index contributed by atoms with van der Waals surface area (Å²) in [5, 5.41) is 4.03. The van der Waals surface area contributed by atoms with E-state index in [0.717, 1.165) is 56.3 Å². The van der Waals surface area contributed by atoms with Crippen LogP contribution >= 0.6 is 0 Å². The smallest absolute Gasteiger partial charge is 0.277 e. The Hall–Kier alpha value is -1.85. The summed E-state index contributed by atoms with van der Waals surface area (Å²) in [6.45, 7) is 0.616. The van der Waals surface area contributed by atoms with Gasteiger partial charge in [-0.05, 0) is 32.1 Å². The second-order valence-electron chi connectivity index (χ2n) is 6.38. The van der Waals surface area contributed by atoms with Crippen LogP contribution in [0.1, 0.15) is 53.9 Å². The Labute approximate surface area is 130 Å². The minimum absolute atomic E-state index is 0.0135. The van der Waals surface area contributed by atoms with Crippen molar-refractivity contribution in [3.63, 3.8) is 0 Å². The molecule has 1 aliphatic carbocycles. The van der Waals surface area contributed by atoms with Crippen molar-refractivity contribution in [3.05, 3.63) is 17.0 Å². The first-order valence-electron chi connectivity index (χ1n) is 8.09. The number of nitrogens with zero attached hydrogens (tertiary/aromatic N) is 3. The Kier molecular flexibility index (Phi) is 4.18. The van der Waals surface area contributed by atoms with Crippen LogP contribution in [0, 0.1) is 0 Å². The van der Waals surface area contributed by atoms with Gasteiger partial charge in [0, 0.05) is 32.6 Å². The predicted molar refractivity (Wildman–Crippen MR) is 80.5 cm³/mol. The first-order chi connectivity index (χ1) is 10.6. The third-order valence-electron chi connectivity index (χ3n) is 4.64. The Balaban J connectivity index is 1.84. The molecular weight excluding hydrogens is 282 g/mol. The number of hydrogen-bond acceptors (Lipinski definition) is 4. The molecule has 1 saturated heterocycles. The van der Waals surface area contributed by atoms with Crippen molar-refractivity contribution in [1.82, 2.24) is 15.0 Å². The zero-order valence-corrected chi connectivity index (χ0v) is 13.3. The topological polar surface area (TPSA) is 66.7 Å². The van der Waals surface area contributed by atoms with E-state index in [-0.39, 0.29) is 17.9 Å². The fraction of sp³-hybridized carbons (Fsp3) is 0.688. The highest BCUT2D eigenvalue weighted by Gasteiger charge is 2.37. The predicted octanol–water partition coefficient (Wildman–Crippen LogP) is 1.64. The van der Waals surface area contributed by atoms with Crippen LogP contribution in [0.5, 0.6) is 0 Å². The van der Waals surface area contributed by atoms with E-state index < -0.39 is 0 Å². The molecule has 2 heterocycles. The van der Waals surface area contributed by atoms with E-state index in [1.165, 1.54) is 0 Å². The number of aryl methyl sites for hydroxylation is 1. The molecule has 6 nitrogen and oxygen atoms in total. The summed E-state index contributed by atoms with van der Waals surface area (Å²) < 4.78 is 5.40. The lowest BCUT2D eigenvalue weighted by atomic mass is 10.1. The van der Waals surface area contributed by atoms with E-state index in [1.54, 1.807) is 23.9 Å². The molecule has 22 heavy (non-hydrogen) atoms. The van der Waals surface area contributed by atoms with Gasteiger partial charge in [0.2, 0.25) is 5.91 Å². The minimum Gasteiger partial charge on any atom is -0.360 e. The lowest BCUT2D eigenvalue weighted by molar-refractivity contribution is -0.132. The van der Waals surface area contributed by atoms with Gasteiger partial charge >= 0.3 is 0 Å². The molecule has 1 aromatic rings. The summed E-state index contributed by atoms with van der Waals surface area (Å²) in [5.74, 6) is 0.695. The van der Waals surface area contributed by atoms with Crippen molar-refractivity contribution in [1.29, 1.82) is 0 Å². The fourth-order valence-electron chi connectivity index (χ4n) is 3.43. The first-order valence-corrected chi connectivity index (χ1v) is 8.09. The standard InChI is InChI=1S/C16H23N3O3/c1-18(2)15(20)12-8-6-10-19(12)16(21)14-11-7-4-3-5-9-13(11)22-17-14/h12H,3-10H2,1-2H3/t12-/m0/s1. The van der Waals surface area contributed by atoms with Gasteiger partial charge in [0.15, 0.2) is 5.69 Å². The molecule has 0 radical (unpaired) electrons. The monoisotopic (exact) mass is 305 g/mol. The molecule has 0 N–H and O–H groups in total. The zero-order valence-electron chi connectivity index (χ0n) is 13.3. The molecular formula is C16H23N3O3. The number of rotatable bonds is 2. The van der Waals surface area contributed by atoms with Gasteiger partial charge in [-0.15, -0.1) is 0 Å². The molecule has 2 amide bonds. The molecule has 3 rings (SSSR count). The molecule has 0 bridgehead atoms. The molecule has 1 aromatic heterocycles. The molecule has 6 heteroatoms. The third-order valence-corrected chi connectivity index (χ3v) is 4.64. The lowest BCUT2D eigenvalue weighted by Crippen LogP contribution is -2.45. The molecule has 1 atom stereocenters.